The molecule has 1 amide bonds. The maximum absolute atomic E-state index is 14.1. The SMILES string of the molecule is CC(C1CC2CCC1C2)n1c(COc2ccccc2F)nnc1SCC(=O)NC1(C#N)CCCC1. The summed E-state index contributed by atoms with van der Waals surface area (Å²) < 4.78 is 22.0. The maximum atomic E-state index is 14.1. The highest BCUT2D eigenvalue weighted by Gasteiger charge is 2.43. The van der Waals surface area contributed by atoms with Gasteiger partial charge in [-0.05, 0) is 81.8 Å². The Bertz CT molecular complexity index is 1110. The highest BCUT2D eigenvalue weighted by Crippen LogP contribution is 2.52. The summed E-state index contributed by atoms with van der Waals surface area (Å²) in [5.41, 5.74) is -0.736. The summed E-state index contributed by atoms with van der Waals surface area (Å²) in [5, 5.41) is 22.0. The predicted molar refractivity (Wildman–Crippen MR) is 130 cm³/mol. The lowest BCUT2D eigenvalue weighted by Crippen LogP contribution is -2.45. The summed E-state index contributed by atoms with van der Waals surface area (Å²) in [6, 6.07) is 8.80. The molecule has 4 unspecified atom stereocenters. The summed E-state index contributed by atoms with van der Waals surface area (Å²) in [5.74, 6) is 2.45. The summed E-state index contributed by atoms with van der Waals surface area (Å²) in [6.07, 6.45) is 8.41. The Labute approximate surface area is 209 Å². The number of hydrogen-bond acceptors (Lipinski definition) is 6. The van der Waals surface area contributed by atoms with E-state index in [2.05, 4.69) is 33.1 Å². The van der Waals surface area contributed by atoms with E-state index in [1.54, 1.807) is 18.2 Å². The minimum atomic E-state index is -0.736. The normalized spacial score (nSPS) is 25.3. The fourth-order valence-electron chi connectivity index (χ4n) is 6.37. The topological polar surface area (TPSA) is 92.8 Å². The summed E-state index contributed by atoms with van der Waals surface area (Å²) >= 11 is 1.34. The molecule has 4 atom stereocenters. The number of para-hydroxylation sites is 1. The van der Waals surface area contributed by atoms with Crippen LogP contribution in [0.3, 0.4) is 0 Å². The van der Waals surface area contributed by atoms with Crippen molar-refractivity contribution in [2.45, 2.75) is 81.6 Å². The van der Waals surface area contributed by atoms with Gasteiger partial charge in [0.2, 0.25) is 5.91 Å². The second kappa shape index (κ2) is 10.2. The molecule has 0 aliphatic heterocycles. The van der Waals surface area contributed by atoms with E-state index in [0.29, 0.717) is 35.7 Å². The number of hydrogen-bond donors (Lipinski definition) is 1. The van der Waals surface area contributed by atoms with Crippen molar-refractivity contribution in [1.82, 2.24) is 20.1 Å². The number of carbonyl (C=O) groups excluding carboxylic acids is 1. The molecule has 3 fully saturated rings. The Balaban J connectivity index is 1.32. The van der Waals surface area contributed by atoms with Gasteiger partial charge in [0, 0.05) is 6.04 Å². The van der Waals surface area contributed by atoms with E-state index in [1.807, 2.05) is 0 Å². The molecule has 9 heteroatoms. The fourth-order valence-corrected chi connectivity index (χ4v) is 7.21. The number of rotatable bonds is 9. The van der Waals surface area contributed by atoms with Gasteiger partial charge in [0.1, 0.15) is 12.1 Å². The van der Waals surface area contributed by atoms with Gasteiger partial charge in [-0.3, -0.25) is 9.36 Å². The first kappa shape index (κ1) is 24.1. The van der Waals surface area contributed by atoms with Crippen LogP contribution in [0.25, 0.3) is 0 Å². The summed E-state index contributed by atoms with van der Waals surface area (Å²) in [6.45, 7) is 2.30. The molecule has 186 valence electrons. The average Bonchev–Trinajstić information content (AvgIpc) is 3.66. The highest BCUT2D eigenvalue weighted by atomic mass is 32.2. The van der Waals surface area contributed by atoms with Gasteiger partial charge in [-0.1, -0.05) is 30.3 Å². The molecular weight excluding hydrogens is 465 g/mol. The lowest BCUT2D eigenvalue weighted by atomic mass is 9.84. The number of carbonyl (C=O) groups is 1. The van der Waals surface area contributed by atoms with Gasteiger partial charge in [-0.2, -0.15) is 5.26 Å². The van der Waals surface area contributed by atoms with Crippen molar-refractivity contribution in [3.05, 3.63) is 35.9 Å². The number of benzene rings is 1. The fraction of sp³-hybridized carbons (Fsp3) is 0.615. The number of aromatic nitrogens is 3. The van der Waals surface area contributed by atoms with Gasteiger partial charge in [0.15, 0.2) is 22.5 Å². The zero-order valence-corrected chi connectivity index (χ0v) is 20.9. The van der Waals surface area contributed by atoms with Crippen molar-refractivity contribution in [3.8, 4) is 11.8 Å². The summed E-state index contributed by atoms with van der Waals surface area (Å²) in [4.78, 5) is 12.7. The van der Waals surface area contributed by atoms with Crippen molar-refractivity contribution in [1.29, 1.82) is 5.26 Å². The van der Waals surface area contributed by atoms with E-state index in [0.717, 1.165) is 18.8 Å². The average molecular weight is 498 g/mol. The molecule has 0 radical (unpaired) electrons. The Morgan fingerprint density at radius 3 is 2.80 bits per heavy atom. The molecule has 3 aliphatic carbocycles. The molecule has 2 bridgehead atoms. The first-order valence-electron chi connectivity index (χ1n) is 12.6. The predicted octanol–water partition coefficient (Wildman–Crippen LogP) is 5.04. The molecule has 1 aromatic heterocycles. The van der Waals surface area contributed by atoms with Crippen LogP contribution < -0.4 is 10.1 Å². The maximum Gasteiger partial charge on any atom is 0.231 e. The van der Waals surface area contributed by atoms with E-state index in [1.165, 1.54) is 43.5 Å². The largest absolute Gasteiger partial charge is 0.483 e. The van der Waals surface area contributed by atoms with Crippen molar-refractivity contribution < 1.29 is 13.9 Å². The van der Waals surface area contributed by atoms with Gasteiger partial charge >= 0.3 is 0 Å². The Morgan fingerprint density at radius 2 is 2.11 bits per heavy atom. The van der Waals surface area contributed by atoms with Gasteiger partial charge in [-0.25, -0.2) is 4.39 Å². The molecular formula is C26H32FN5O2S. The molecule has 1 aromatic carbocycles. The molecule has 1 N–H and O–H groups in total. The highest BCUT2D eigenvalue weighted by molar-refractivity contribution is 7.99. The zero-order valence-electron chi connectivity index (χ0n) is 20.1. The molecule has 0 saturated heterocycles. The smallest absolute Gasteiger partial charge is 0.231 e. The van der Waals surface area contributed by atoms with Crippen LogP contribution in [0.15, 0.2) is 29.4 Å². The van der Waals surface area contributed by atoms with E-state index in [-0.39, 0.29) is 30.1 Å². The molecule has 3 aliphatic rings. The number of nitrogens with zero attached hydrogens (tertiary/aromatic N) is 4. The van der Waals surface area contributed by atoms with Crippen LogP contribution in [-0.2, 0) is 11.4 Å². The second-order valence-corrected chi connectivity index (χ2v) is 11.2. The Hall–Kier alpha value is -2.60. The molecule has 1 heterocycles. The first-order chi connectivity index (χ1) is 17.0. The molecule has 2 aromatic rings. The van der Waals surface area contributed by atoms with Gasteiger partial charge in [0.25, 0.3) is 0 Å². The summed E-state index contributed by atoms with van der Waals surface area (Å²) in [7, 11) is 0. The van der Waals surface area contributed by atoms with Crippen molar-refractivity contribution in [2.24, 2.45) is 17.8 Å². The Kier molecular flexibility index (Phi) is 7.01. The first-order valence-corrected chi connectivity index (χ1v) is 13.6. The monoisotopic (exact) mass is 497 g/mol. The number of ether oxygens (including phenoxy) is 1. The number of fused-ring (bicyclic) bond motifs is 2. The van der Waals surface area contributed by atoms with Crippen LogP contribution in [0.2, 0.25) is 0 Å². The number of amides is 1. The second-order valence-electron chi connectivity index (χ2n) is 10.3. The van der Waals surface area contributed by atoms with Crippen LogP contribution in [0, 0.1) is 34.9 Å². The van der Waals surface area contributed by atoms with Crippen LogP contribution in [0.4, 0.5) is 4.39 Å². The minimum absolute atomic E-state index is 0.101. The van der Waals surface area contributed by atoms with Gasteiger partial charge < -0.3 is 10.1 Å². The standard InChI is InChI=1S/C26H32FN5O2S/c1-17(20-13-18-8-9-19(20)12-18)32-23(14-34-22-7-3-2-6-21(22)27)30-31-25(32)35-15-24(33)29-26(16-28)10-4-5-11-26/h2-3,6-7,17-20H,4-5,8-15H2,1H3,(H,29,33). The van der Waals surface area contributed by atoms with Crippen LogP contribution in [-0.4, -0.2) is 32.0 Å². The van der Waals surface area contributed by atoms with E-state index in [4.69, 9.17) is 4.74 Å². The molecule has 3 saturated carbocycles. The van der Waals surface area contributed by atoms with Gasteiger partial charge in [-0.15, -0.1) is 10.2 Å². The number of nitriles is 1. The van der Waals surface area contributed by atoms with Crippen LogP contribution in [0.5, 0.6) is 5.75 Å². The number of halogens is 1. The third-order valence-electron chi connectivity index (χ3n) is 8.13. The minimum Gasteiger partial charge on any atom is -0.483 e. The van der Waals surface area contributed by atoms with Crippen LogP contribution >= 0.6 is 11.8 Å². The Morgan fingerprint density at radius 1 is 1.31 bits per heavy atom. The third-order valence-corrected chi connectivity index (χ3v) is 9.07. The number of thioether (sulfide) groups is 1. The lowest BCUT2D eigenvalue weighted by Gasteiger charge is -2.30. The van der Waals surface area contributed by atoms with E-state index in [9.17, 15) is 14.4 Å². The van der Waals surface area contributed by atoms with Crippen molar-refractivity contribution >= 4 is 17.7 Å². The number of nitrogens with one attached hydrogen (secondary N) is 1. The molecule has 5 rings (SSSR count). The third kappa shape index (κ3) is 5.04. The van der Waals surface area contributed by atoms with Crippen LogP contribution in [0.1, 0.15) is 70.2 Å². The van der Waals surface area contributed by atoms with Gasteiger partial charge in [0.05, 0.1) is 11.8 Å². The quantitative estimate of drug-likeness (QED) is 0.488. The lowest BCUT2D eigenvalue weighted by molar-refractivity contribution is -0.119. The van der Waals surface area contributed by atoms with E-state index >= 15 is 0 Å². The molecule has 7 nitrogen and oxygen atoms in total. The van der Waals surface area contributed by atoms with E-state index < -0.39 is 11.4 Å². The zero-order chi connectivity index (χ0) is 24.4. The van der Waals surface area contributed by atoms with Crippen molar-refractivity contribution in [3.63, 3.8) is 0 Å². The van der Waals surface area contributed by atoms with Crippen molar-refractivity contribution in [2.75, 3.05) is 5.75 Å². The molecule has 0 spiro atoms. The molecule has 35 heavy (non-hydrogen) atoms.